The average molecular weight is 318 g/mol. The summed E-state index contributed by atoms with van der Waals surface area (Å²) in [7, 11) is 1.66. The van der Waals surface area contributed by atoms with Gasteiger partial charge in [0.25, 0.3) is 5.91 Å². The summed E-state index contributed by atoms with van der Waals surface area (Å²) < 4.78 is 5.16. The van der Waals surface area contributed by atoms with Gasteiger partial charge in [-0.05, 0) is 53.9 Å². The Hall–Kier alpha value is -3.14. The van der Waals surface area contributed by atoms with Gasteiger partial charge in [0.1, 0.15) is 11.6 Å². The van der Waals surface area contributed by atoms with Crippen molar-refractivity contribution in [2.24, 2.45) is 0 Å². The average Bonchev–Trinajstić information content (AvgIpc) is 2.64. The number of aromatic nitrogens is 1. The summed E-state index contributed by atoms with van der Waals surface area (Å²) in [5, 5.41) is 2.78. The molecule has 0 aliphatic carbocycles. The standard InChI is InChI=1S/C20H18N2O2/c1-24-18-11-7-16(8-12-18)14-15-5-9-17(10-6-15)20(23)22-19-4-2-3-13-21-19/h2-13H,14H2,1H3,(H,21,22,23). The van der Waals surface area contributed by atoms with E-state index in [1.54, 1.807) is 19.4 Å². The number of nitrogens with one attached hydrogen (secondary N) is 1. The van der Waals surface area contributed by atoms with Crippen molar-refractivity contribution < 1.29 is 9.53 Å². The molecule has 0 saturated heterocycles. The predicted molar refractivity (Wildman–Crippen MR) is 94.4 cm³/mol. The van der Waals surface area contributed by atoms with Crippen molar-refractivity contribution in [3.8, 4) is 5.75 Å². The van der Waals surface area contributed by atoms with Crippen molar-refractivity contribution in [1.29, 1.82) is 0 Å². The number of amides is 1. The SMILES string of the molecule is COc1ccc(Cc2ccc(C(=O)Nc3ccccn3)cc2)cc1. The van der Waals surface area contributed by atoms with Crippen LogP contribution >= 0.6 is 0 Å². The topological polar surface area (TPSA) is 51.2 Å². The highest BCUT2D eigenvalue weighted by Crippen LogP contribution is 2.16. The lowest BCUT2D eigenvalue weighted by Crippen LogP contribution is -2.12. The number of ether oxygens (including phenoxy) is 1. The van der Waals surface area contributed by atoms with Gasteiger partial charge in [-0.15, -0.1) is 0 Å². The number of anilines is 1. The molecule has 1 amide bonds. The molecule has 2 aromatic carbocycles. The molecular weight excluding hydrogens is 300 g/mol. The highest BCUT2D eigenvalue weighted by Gasteiger charge is 2.06. The van der Waals surface area contributed by atoms with Gasteiger partial charge in [0.15, 0.2) is 0 Å². The maximum absolute atomic E-state index is 12.2. The first kappa shape index (κ1) is 15.7. The minimum Gasteiger partial charge on any atom is -0.497 e. The number of carbonyl (C=O) groups excluding carboxylic acids is 1. The molecule has 0 radical (unpaired) electrons. The summed E-state index contributed by atoms with van der Waals surface area (Å²) in [6.45, 7) is 0. The molecule has 3 aromatic rings. The summed E-state index contributed by atoms with van der Waals surface area (Å²) in [5.74, 6) is 1.23. The van der Waals surface area contributed by atoms with E-state index in [1.165, 1.54) is 5.56 Å². The second-order valence-corrected chi connectivity index (χ2v) is 5.39. The van der Waals surface area contributed by atoms with E-state index in [0.717, 1.165) is 17.7 Å². The fourth-order valence-electron chi connectivity index (χ4n) is 2.38. The van der Waals surface area contributed by atoms with Crippen LogP contribution in [0, 0.1) is 0 Å². The van der Waals surface area contributed by atoms with Crippen molar-refractivity contribution in [2.75, 3.05) is 12.4 Å². The van der Waals surface area contributed by atoms with Crippen LogP contribution in [0.15, 0.2) is 72.9 Å². The third-order valence-electron chi connectivity index (χ3n) is 3.69. The van der Waals surface area contributed by atoms with Gasteiger partial charge in [0.2, 0.25) is 0 Å². The van der Waals surface area contributed by atoms with Crippen molar-refractivity contribution in [3.05, 3.63) is 89.6 Å². The maximum Gasteiger partial charge on any atom is 0.256 e. The predicted octanol–water partition coefficient (Wildman–Crippen LogP) is 3.93. The van der Waals surface area contributed by atoms with Gasteiger partial charge in [-0.1, -0.05) is 30.3 Å². The fourth-order valence-corrected chi connectivity index (χ4v) is 2.38. The Bertz CT molecular complexity index is 797. The lowest BCUT2D eigenvalue weighted by molar-refractivity contribution is 0.102. The molecule has 0 atom stereocenters. The highest BCUT2D eigenvalue weighted by molar-refractivity contribution is 6.03. The van der Waals surface area contributed by atoms with Crippen LogP contribution < -0.4 is 10.1 Å². The normalized spacial score (nSPS) is 10.2. The minimum atomic E-state index is -0.162. The summed E-state index contributed by atoms with van der Waals surface area (Å²) in [6.07, 6.45) is 2.46. The monoisotopic (exact) mass is 318 g/mol. The van der Waals surface area contributed by atoms with Crippen molar-refractivity contribution in [1.82, 2.24) is 4.98 Å². The largest absolute Gasteiger partial charge is 0.497 e. The molecule has 4 heteroatoms. The van der Waals surface area contributed by atoms with E-state index in [-0.39, 0.29) is 5.91 Å². The molecule has 0 fully saturated rings. The third kappa shape index (κ3) is 3.98. The number of rotatable bonds is 5. The zero-order valence-corrected chi connectivity index (χ0v) is 13.4. The Balaban J connectivity index is 1.65. The smallest absolute Gasteiger partial charge is 0.256 e. The van der Waals surface area contributed by atoms with E-state index in [0.29, 0.717) is 11.4 Å². The number of carbonyl (C=O) groups is 1. The summed E-state index contributed by atoms with van der Waals surface area (Å²) in [6, 6.07) is 21.0. The van der Waals surface area contributed by atoms with Gasteiger partial charge < -0.3 is 10.1 Å². The molecule has 1 aromatic heterocycles. The first-order chi connectivity index (χ1) is 11.7. The Morgan fingerprint density at radius 2 is 1.62 bits per heavy atom. The fraction of sp³-hybridized carbons (Fsp3) is 0.100. The van der Waals surface area contributed by atoms with E-state index >= 15 is 0 Å². The van der Waals surface area contributed by atoms with Crippen LogP contribution in [0.5, 0.6) is 5.75 Å². The number of nitrogens with zero attached hydrogens (tertiary/aromatic N) is 1. The van der Waals surface area contributed by atoms with Gasteiger partial charge >= 0.3 is 0 Å². The molecule has 120 valence electrons. The van der Waals surface area contributed by atoms with Crippen LogP contribution in [0.25, 0.3) is 0 Å². The molecule has 1 heterocycles. The highest BCUT2D eigenvalue weighted by atomic mass is 16.5. The van der Waals surface area contributed by atoms with Crippen LogP contribution in [0.1, 0.15) is 21.5 Å². The molecule has 0 aliphatic heterocycles. The first-order valence-electron chi connectivity index (χ1n) is 7.69. The molecule has 0 bridgehead atoms. The van der Waals surface area contributed by atoms with E-state index in [9.17, 15) is 4.79 Å². The Labute approximate surface area is 141 Å². The van der Waals surface area contributed by atoms with Crippen LogP contribution in [0.3, 0.4) is 0 Å². The molecule has 3 rings (SSSR count). The first-order valence-corrected chi connectivity index (χ1v) is 7.69. The number of pyridine rings is 1. The lowest BCUT2D eigenvalue weighted by atomic mass is 10.0. The second kappa shape index (κ2) is 7.42. The molecule has 0 saturated carbocycles. The molecule has 1 N–H and O–H groups in total. The number of methoxy groups -OCH3 is 1. The Kier molecular flexibility index (Phi) is 4.87. The van der Waals surface area contributed by atoms with Gasteiger partial charge in [-0.25, -0.2) is 4.98 Å². The second-order valence-electron chi connectivity index (χ2n) is 5.39. The lowest BCUT2D eigenvalue weighted by Gasteiger charge is -2.06. The van der Waals surface area contributed by atoms with E-state index < -0.39 is 0 Å². The van der Waals surface area contributed by atoms with Crippen LogP contribution in [0.2, 0.25) is 0 Å². The van der Waals surface area contributed by atoms with Crippen LogP contribution in [-0.2, 0) is 6.42 Å². The molecular formula is C20H18N2O2. The molecule has 0 unspecified atom stereocenters. The Morgan fingerprint density at radius 3 is 2.21 bits per heavy atom. The minimum absolute atomic E-state index is 0.162. The summed E-state index contributed by atoms with van der Waals surface area (Å²) in [4.78, 5) is 16.3. The summed E-state index contributed by atoms with van der Waals surface area (Å²) in [5.41, 5.74) is 2.95. The quantitative estimate of drug-likeness (QED) is 0.775. The third-order valence-corrected chi connectivity index (χ3v) is 3.69. The van der Waals surface area contributed by atoms with Crippen LogP contribution in [0.4, 0.5) is 5.82 Å². The number of hydrogen-bond acceptors (Lipinski definition) is 3. The molecule has 0 spiro atoms. The van der Waals surface area contributed by atoms with Crippen molar-refractivity contribution in [2.45, 2.75) is 6.42 Å². The maximum atomic E-state index is 12.2. The zero-order chi connectivity index (χ0) is 16.8. The van der Waals surface area contributed by atoms with Crippen LogP contribution in [-0.4, -0.2) is 18.0 Å². The number of hydrogen-bond donors (Lipinski definition) is 1. The summed E-state index contributed by atoms with van der Waals surface area (Å²) >= 11 is 0. The van der Waals surface area contributed by atoms with Gasteiger partial charge in [0, 0.05) is 11.8 Å². The van der Waals surface area contributed by atoms with Gasteiger partial charge in [0.05, 0.1) is 7.11 Å². The molecule has 0 aliphatic rings. The Morgan fingerprint density at radius 1 is 0.958 bits per heavy atom. The van der Waals surface area contributed by atoms with E-state index in [4.69, 9.17) is 4.74 Å². The van der Waals surface area contributed by atoms with Crippen molar-refractivity contribution >= 4 is 11.7 Å². The zero-order valence-electron chi connectivity index (χ0n) is 13.4. The van der Waals surface area contributed by atoms with Crippen molar-refractivity contribution in [3.63, 3.8) is 0 Å². The van der Waals surface area contributed by atoms with Gasteiger partial charge in [-0.3, -0.25) is 4.79 Å². The van der Waals surface area contributed by atoms with E-state index in [2.05, 4.69) is 10.3 Å². The number of benzene rings is 2. The van der Waals surface area contributed by atoms with Gasteiger partial charge in [-0.2, -0.15) is 0 Å². The molecule has 4 nitrogen and oxygen atoms in total. The van der Waals surface area contributed by atoms with E-state index in [1.807, 2.05) is 60.7 Å². The molecule has 24 heavy (non-hydrogen) atoms.